The van der Waals surface area contributed by atoms with Crippen LogP contribution in [0.15, 0.2) is 72.9 Å². The molecule has 0 saturated heterocycles. The quantitative estimate of drug-likeness (QED) is 0.628. The molecule has 106 valence electrons. The third-order valence-corrected chi connectivity index (χ3v) is 4.30. The van der Waals surface area contributed by atoms with Gasteiger partial charge in [-0.2, -0.15) is 0 Å². The zero-order chi connectivity index (χ0) is 14.9. The summed E-state index contributed by atoms with van der Waals surface area (Å²) in [5.74, 6) is 0.265. The van der Waals surface area contributed by atoms with Crippen molar-refractivity contribution in [3.63, 3.8) is 0 Å². The molecule has 1 heteroatoms. The first kappa shape index (κ1) is 13.0. The van der Waals surface area contributed by atoms with Crippen molar-refractivity contribution in [3.05, 3.63) is 95.3 Å². The average molecular weight is 283 g/mol. The Hall–Kier alpha value is -2.67. The minimum absolute atomic E-state index is 0.265. The highest BCUT2D eigenvalue weighted by Gasteiger charge is 2.22. The van der Waals surface area contributed by atoms with Crippen LogP contribution in [0.2, 0.25) is 0 Å². The van der Waals surface area contributed by atoms with E-state index >= 15 is 0 Å². The highest BCUT2D eigenvalue weighted by Crippen LogP contribution is 2.39. The molecule has 1 aliphatic carbocycles. The maximum Gasteiger partial charge on any atom is 0.0516 e. The van der Waals surface area contributed by atoms with Crippen LogP contribution in [0.3, 0.4) is 0 Å². The van der Waals surface area contributed by atoms with Crippen molar-refractivity contribution in [2.75, 3.05) is 0 Å². The normalized spacial score (nSPS) is 15.8. The summed E-state index contributed by atoms with van der Waals surface area (Å²) in [4.78, 5) is 4.52. The van der Waals surface area contributed by atoms with Gasteiger partial charge in [-0.1, -0.05) is 66.2 Å². The first-order valence-corrected chi connectivity index (χ1v) is 7.62. The van der Waals surface area contributed by atoms with Crippen LogP contribution in [-0.4, -0.2) is 4.98 Å². The lowest BCUT2D eigenvalue weighted by atomic mass is 9.92. The monoisotopic (exact) mass is 283 g/mol. The summed E-state index contributed by atoms with van der Waals surface area (Å²) < 4.78 is 0. The van der Waals surface area contributed by atoms with Gasteiger partial charge in [0, 0.05) is 12.1 Å². The fraction of sp³-hybridized carbons (Fsp3) is 0.0952. The Morgan fingerprint density at radius 3 is 2.50 bits per heavy atom. The van der Waals surface area contributed by atoms with Crippen LogP contribution in [0, 0.1) is 6.92 Å². The topological polar surface area (TPSA) is 12.9 Å². The second-order valence-corrected chi connectivity index (χ2v) is 5.77. The molecule has 3 aromatic rings. The molecule has 1 nitrogen and oxygen atoms in total. The van der Waals surface area contributed by atoms with E-state index in [1.165, 1.54) is 27.8 Å². The lowest BCUT2D eigenvalue weighted by Gasteiger charge is -2.13. The number of benzene rings is 2. The van der Waals surface area contributed by atoms with E-state index in [1.807, 2.05) is 12.3 Å². The molecule has 4 rings (SSSR count). The fourth-order valence-electron chi connectivity index (χ4n) is 3.14. The molecule has 1 heterocycles. The van der Waals surface area contributed by atoms with Crippen LogP contribution in [0.5, 0.6) is 0 Å². The van der Waals surface area contributed by atoms with Crippen molar-refractivity contribution in [2.24, 2.45) is 0 Å². The molecule has 0 aliphatic heterocycles. The van der Waals surface area contributed by atoms with E-state index in [2.05, 4.69) is 78.7 Å². The second-order valence-electron chi connectivity index (χ2n) is 5.77. The SMILES string of the molecule is Cc1ccc(-c2cccc3c2C=CC3c2ccccn2)cc1. The molecule has 0 N–H and O–H groups in total. The van der Waals surface area contributed by atoms with Crippen LogP contribution < -0.4 is 0 Å². The molecule has 0 amide bonds. The largest absolute Gasteiger partial charge is 0.260 e. The first-order chi connectivity index (χ1) is 10.8. The molecule has 1 unspecified atom stereocenters. The standard InChI is InChI=1S/C21H17N/c1-15-8-10-16(11-9-15)17-5-4-6-18-19(17)12-13-20(18)21-7-2-3-14-22-21/h2-14,20H,1H3. The zero-order valence-electron chi connectivity index (χ0n) is 12.5. The number of rotatable bonds is 2. The summed E-state index contributed by atoms with van der Waals surface area (Å²) in [7, 11) is 0. The lowest BCUT2D eigenvalue weighted by molar-refractivity contribution is 0.972. The van der Waals surface area contributed by atoms with Crippen molar-refractivity contribution in [1.82, 2.24) is 4.98 Å². The summed E-state index contributed by atoms with van der Waals surface area (Å²) in [6.45, 7) is 2.12. The third kappa shape index (κ3) is 2.15. The number of aryl methyl sites for hydroxylation is 1. The molecule has 1 aromatic heterocycles. The van der Waals surface area contributed by atoms with Crippen LogP contribution in [0.1, 0.15) is 28.3 Å². The van der Waals surface area contributed by atoms with Crippen molar-refractivity contribution < 1.29 is 0 Å². The van der Waals surface area contributed by atoms with Gasteiger partial charge in [-0.3, -0.25) is 4.98 Å². The molecule has 0 saturated carbocycles. The van der Waals surface area contributed by atoms with Crippen molar-refractivity contribution in [2.45, 2.75) is 12.8 Å². The maximum absolute atomic E-state index is 4.52. The van der Waals surface area contributed by atoms with Gasteiger partial charge >= 0.3 is 0 Å². The van der Waals surface area contributed by atoms with E-state index in [1.54, 1.807) is 0 Å². The summed E-state index contributed by atoms with van der Waals surface area (Å²) in [5, 5.41) is 0. The number of fused-ring (bicyclic) bond motifs is 1. The van der Waals surface area contributed by atoms with E-state index < -0.39 is 0 Å². The number of allylic oxidation sites excluding steroid dienone is 1. The molecule has 2 aromatic carbocycles. The van der Waals surface area contributed by atoms with Crippen LogP contribution in [0.25, 0.3) is 17.2 Å². The molecule has 0 bridgehead atoms. The Morgan fingerprint density at radius 1 is 0.864 bits per heavy atom. The van der Waals surface area contributed by atoms with E-state index in [9.17, 15) is 0 Å². The van der Waals surface area contributed by atoms with E-state index in [-0.39, 0.29) is 5.92 Å². The number of nitrogens with zero attached hydrogens (tertiary/aromatic N) is 1. The molecule has 0 radical (unpaired) electrons. The van der Waals surface area contributed by atoms with Crippen LogP contribution >= 0.6 is 0 Å². The third-order valence-electron chi connectivity index (χ3n) is 4.30. The van der Waals surface area contributed by atoms with Gasteiger partial charge in [0.05, 0.1) is 5.69 Å². The number of hydrogen-bond acceptors (Lipinski definition) is 1. The smallest absolute Gasteiger partial charge is 0.0516 e. The molecule has 1 atom stereocenters. The van der Waals surface area contributed by atoms with Gasteiger partial charge in [-0.15, -0.1) is 0 Å². The Balaban J connectivity index is 1.82. The van der Waals surface area contributed by atoms with Crippen molar-refractivity contribution in [1.29, 1.82) is 0 Å². The molecular weight excluding hydrogens is 266 g/mol. The second kappa shape index (κ2) is 5.27. The number of hydrogen-bond donors (Lipinski definition) is 0. The molecule has 1 aliphatic rings. The number of aromatic nitrogens is 1. The first-order valence-electron chi connectivity index (χ1n) is 7.62. The predicted molar refractivity (Wildman–Crippen MR) is 91.7 cm³/mol. The molecule has 0 fully saturated rings. The fourth-order valence-corrected chi connectivity index (χ4v) is 3.14. The van der Waals surface area contributed by atoms with E-state index in [4.69, 9.17) is 0 Å². The summed E-state index contributed by atoms with van der Waals surface area (Å²) in [5.41, 5.74) is 7.64. The van der Waals surface area contributed by atoms with E-state index in [0.29, 0.717) is 0 Å². The minimum atomic E-state index is 0.265. The van der Waals surface area contributed by atoms with Gasteiger partial charge in [0.1, 0.15) is 0 Å². The van der Waals surface area contributed by atoms with Gasteiger partial charge in [0.15, 0.2) is 0 Å². The lowest BCUT2D eigenvalue weighted by Crippen LogP contribution is -1.98. The highest BCUT2D eigenvalue weighted by atomic mass is 14.7. The zero-order valence-corrected chi connectivity index (χ0v) is 12.5. The summed E-state index contributed by atoms with van der Waals surface area (Å²) in [6.07, 6.45) is 6.36. The Morgan fingerprint density at radius 2 is 1.73 bits per heavy atom. The van der Waals surface area contributed by atoms with Gasteiger partial charge in [-0.05, 0) is 41.3 Å². The predicted octanol–water partition coefficient (Wildman–Crippen LogP) is 5.22. The maximum atomic E-state index is 4.52. The molecular formula is C21H17N. The molecule has 0 spiro atoms. The molecule has 22 heavy (non-hydrogen) atoms. The van der Waals surface area contributed by atoms with Gasteiger partial charge in [-0.25, -0.2) is 0 Å². The van der Waals surface area contributed by atoms with Crippen molar-refractivity contribution in [3.8, 4) is 11.1 Å². The van der Waals surface area contributed by atoms with Gasteiger partial charge in [0.25, 0.3) is 0 Å². The van der Waals surface area contributed by atoms with Gasteiger partial charge < -0.3 is 0 Å². The van der Waals surface area contributed by atoms with Crippen LogP contribution in [0.4, 0.5) is 0 Å². The summed E-state index contributed by atoms with van der Waals surface area (Å²) >= 11 is 0. The minimum Gasteiger partial charge on any atom is -0.260 e. The Bertz CT molecular complexity index is 830. The van der Waals surface area contributed by atoms with Crippen molar-refractivity contribution >= 4 is 6.08 Å². The Kier molecular flexibility index (Phi) is 3.12. The van der Waals surface area contributed by atoms with E-state index in [0.717, 1.165) is 5.69 Å². The number of pyridine rings is 1. The summed E-state index contributed by atoms with van der Waals surface area (Å²) in [6, 6.07) is 21.4. The average Bonchev–Trinajstić information content (AvgIpc) is 3.00. The van der Waals surface area contributed by atoms with Gasteiger partial charge in [0.2, 0.25) is 0 Å². The Labute approximate surface area is 131 Å². The highest BCUT2D eigenvalue weighted by molar-refractivity contribution is 5.81. The van der Waals surface area contributed by atoms with Crippen LogP contribution in [-0.2, 0) is 0 Å².